The Labute approximate surface area is 107 Å². The Hall–Kier alpha value is 0.210. The SMILES string of the molecule is CCCCCCC12CCN(CC1)CC2.[Cl-].[NH4+]. The van der Waals surface area contributed by atoms with Crippen molar-refractivity contribution in [3.05, 3.63) is 0 Å². The van der Waals surface area contributed by atoms with Gasteiger partial charge in [-0.1, -0.05) is 32.6 Å². The number of hydrogen-bond acceptors (Lipinski definition) is 1. The Morgan fingerprint density at radius 1 is 0.938 bits per heavy atom. The number of hydrogen-bond donors (Lipinski definition) is 1. The smallest absolute Gasteiger partial charge is 0.00134 e. The summed E-state index contributed by atoms with van der Waals surface area (Å²) in [6.07, 6.45) is 11.8. The third-order valence-corrected chi connectivity index (χ3v) is 4.44. The lowest BCUT2D eigenvalue weighted by Crippen LogP contribution is -3.00. The first-order chi connectivity index (χ1) is 6.85. The van der Waals surface area contributed by atoms with Crippen LogP contribution in [0.25, 0.3) is 0 Å². The van der Waals surface area contributed by atoms with E-state index in [9.17, 15) is 0 Å². The molecule has 3 rings (SSSR count). The number of rotatable bonds is 5. The second-order valence-electron chi connectivity index (χ2n) is 5.40. The highest BCUT2D eigenvalue weighted by molar-refractivity contribution is 4.91. The van der Waals surface area contributed by atoms with Crippen LogP contribution in [-0.2, 0) is 0 Å². The largest absolute Gasteiger partial charge is 1.00 e. The van der Waals surface area contributed by atoms with Crippen molar-refractivity contribution >= 4 is 0 Å². The van der Waals surface area contributed by atoms with Gasteiger partial charge in [0.05, 0.1) is 0 Å². The van der Waals surface area contributed by atoms with Crippen molar-refractivity contribution in [1.29, 1.82) is 0 Å². The maximum Gasteiger partial charge on any atom is -0.00134 e. The van der Waals surface area contributed by atoms with Crippen LogP contribution in [0, 0.1) is 5.41 Å². The maximum atomic E-state index is 2.65. The van der Waals surface area contributed by atoms with Crippen LogP contribution >= 0.6 is 0 Å². The van der Waals surface area contributed by atoms with Crippen LogP contribution < -0.4 is 18.6 Å². The average molecular weight is 249 g/mol. The third-order valence-electron chi connectivity index (χ3n) is 4.44. The van der Waals surface area contributed by atoms with Gasteiger partial charge in [0, 0.05) is 0 Å². The number of piperidine rings is 3. The van der Waals surface area contributed by atoms with E-state index in [1.807, 2.05) is 0 Å². The number of fused-ring (bicyclic) bond motifs is 3. The van der Waals surface area contributed by atoms with Crippen molar-refractivity contribution in [2.45, 2.75) is 58.3 Å². The minimum absolute atomic E-state index is 0. The van der Waals surface area contributed by atoms with E-state index in [1.165, 1.54) is 71.0 Å². The van der Waals surface area contributed by atoms with Gasteiger partial charge in [0.15, 0.2) is 0 Å². The molecule has 0 aromatic rings. The monoisotopic (exact) mass is 248 g/mol. The Morgan fingerprint density at radius 3 is 2.00 bits per heavy atom. The highest BCUT2D eigenvalue weighted by Crippen LogP contribution is 2.43. The van der Waals surface area contributed by atoms with Gasteiger partial charge in [-0.2, -0.15) is 0 Å². The Kier molecular flexibility index (Phi) is 7.62. The molecule has 0 amide bonds. The molecule has 0 atom stereocenters. The predicted octanol–water partition coefficient (Wildman–Crippen LogP) is 0.823. The summed E-state index contributed by atoms with van der Waals surface area (Å²) in [5.41, 5.74) is 0.794. The highest BCUT2D eigenvalue weighted by atomic mass is 35.5. The van der Waals surface area contributed by atoms with E-state index in [0.29, 0.717) is 0 Å². The van der Waals surface area contributed by atoms with Crippen molar-refractivity contribution < 1.29 is 12.4 Å². The molecular formula is C13H29ClN2. The molecule has 2 nitrogen and oxygen atoms in total. The molecule has 98 valence electrons. The predicted molar refractivity (Wildman–Crippen MR) is 67.5 cm³/mol. The Balaban J connectivity index is 0.00000112. The van der Waals surface area contributed by atoms with Gasteiger partial charge < -0.3 is 23.5 Å². The van der Waals surface area contributed by atoms with Gasteiger partial charge >= 0.3 is 0 Å². The zero-order valence-electron chi connectivity index (χ0n) is 11.1. The van der Waals surface area contributed by atoms with E-state index in [2.05, 4.69) is 11.8 Å². The normalized spacial score (nSPS) is 31.7. The summed E-state index contributed by atoms with van der Waals surface area (Å²) in [4.78, 5) is 2.65. The quantitative estimate of drug-likeness (QED) is 0.720. The van der Waals surface area contributed by atoms with E-state index >= 15 is 0 Å². The molecule has 0 radical (unpaired) electrons. The van der Waals surface area contributed by atoms with Crippen LogP contribution in [0.1, 0.15) is 58.3 Å². The molecule has 0 aliphatic carbocycles. The summed E-state index contributed by atoms with van der Waals surface area (Å²) in [6, 6.07) is 0. The van der Waals surface area contributed by atoms with Crippen LogP contribution in [0.5, 0.6) is 0 Å². The fraction of sp³-hybridized carbons (Fsp3) is 1.00. The Bertz CT molecular complexity index is 163. The zero-order valence-corrected chi connectivity index (χ0v) is 11.9. The van der Waals surface area contributed by atoms with Crippen LogP contribution in [0.15, 0.2) is 0 Å². The first kappa shape index (κ1) is 16.2. The van der Waals surface area contributed by atoms with E-state index < -0.39 is 0 Å². The summed E-state index contributed by atoms with van der Waals surface area (Å²) in [5, 5.41) is 0. The summed E-state index contributed by atoms with van der Waals surface area (Å²) < 4.78 is 0. The second kappa shape index (κ2) is 7.52. The second-order valence-corrected chi connectivity index (χ2v) is 5.40. The first-order valence-corrected chi connectivity index (χ1v) is 6.57. The van der Waals surface area contributed by atoms with Crippen LogP contribution in [0.3, 0.4) is 0 Å². The molecule has 3 heterocycles. The molecule has 0 unspecified atom stereocenters. The fourth-order valence-corrected chi connectivity index (χ4v) is 3.20. The van der Waals surface area contributed by atoms with E-state index in [0.717, 1.165) is 5.41 Å². The molecule has 0 aromatic heterocycles. The number of halogens is 1. The molecule has 2 bridgehead atoms. The minimum atomic E-state index is 0. The van der Waals surface area contributed by atoms with Gasteiger partial charge in [-0.25, -0.2) is 0 Å². The molecule has 3 aliphatic rings. The molecule has 16 heavy (non-hydrogen) atoms. The Morgan fingerprint density at radius 2 is 1.50 bits per heavy atom. The zero-order chi connectivity index (χ0) is 9.86. The number of unbranched alkanes of at least 4 members (excludes halogenated alkanes) is 3. The van der Waals surface area contributed by atoms with Gasteiger partial charge in [-0.3, -0.25) is 0 Å². The lowest BCUT2D eigenvalue weighted by molar-refractivity contribution is -0.00000607. The first-order valence-electron chi connectivity index (χ1n) is 6.57. The molecule has 3 saturated heterocycles. The summed E-state index contributed by atoms with van der Waals surface area (Å²) in [6.45, 7) is 6.49. The van der Waals surface area contributed by atoms with Crippen molar-refractivity contribution in [1.82, 2.24) is 11.1 Å². The standard InChI is InChI=1S/C13H25N.ClH.H3N/c1-2-3-4-5-6-13-7-10-14(11-8-13)12-9-13;;/h2-12H2,1H3;1H;1H3. The van der Waals surface area contributed by atoms with Gasteiger partial charge in [0.2, 0.25) is 0 Å². The molecule has 0 aromatic carbocycles. The van der Waals surface area contributed by atoms with Gasteiger partial charge in [0.25, 0.3) is 0 Å². The number of quaternary nitrogens is 1. The van der Waals surface area contributed by atoms with Gasteiger partial charge in [0.1, 0.15) is 0 Å². The average Bonchev–Trinajstić information content (AvgIpc) is 2.27. The summed E-state index contributed by atoms with van der Waals surface area (Å²) >= 11 is 0. The van der Waals surface area contributed by atoms with Crippen molar-refractivity contribution in [2.75, 3.05) is 19.6 Å². The maximum absolute atomic E-state index is 2.65. The lowest BCUT2D eigenvalue weighted by Gasteiger charge is -2.48. The van der Waals surface area contributed by atoms with Gasteiger partial charge in [-0.05, 0) is 50.7 Å². The highest BCUT2D eigenvalue weighted by Gasteiger charge is 2.38. The summed E-state index contributed by atoms with van der Waals surface area (Å²) in [5.74, 6) is 0. The molecule has 4 N–H and O–H groups in total. The van der Waals surface area contributed by atoms with E-state index in [4.69, 9.17) is 0 Å². The van der Waals surface area contributed by atoms with Crippen molar-refractivity contribution in [3.63, 3.8) is 0 Å². The van der Waals surface area contributed by atoms with Crippen LogP contribution in [-0.4, -0.2) is 24.5 Å². The summed E-state index contributed by atoms with van der Waals surface area (Å²) in [7, 11) is 0. The number of nitrogens with zero attached hydrogens (tertiary/aromatic N) is 1. The van der Waals surface area contributed by atoms with Crippen molar-refractivity contribution in [2.24, 2.45) is 5.41 Å². The van der Waals surface area contributed by atoms with Crippen LogP contribution in [0.2, 0.25) is 0 Å². The molecule has 0 saturated carbocycles. The molecule has 3 aliphatic heterocycles. The molecule has 3 fully saturated rings. The van der Waals surface area contributed by atoms with Crippen molar-refractivity contribution in [3.8, 4) is 0 Å². The topological polar surface area (TPSA) is 39.7 Å². The third kappa shape index (κ3) is 3.90. The molecular weight excluding hydrogens is 220 g/mol. The minimum Gasteiger partial charge on any atom is -1.00 e. The fourth-order valence-electron chi connectivity index (χ4n) is 3.20. The van der Waals surface area contributed by atoms with E-state index in [-0.39, 0.29) is 18.6 Å². The molecule has 0 spiro atoms. The van der Waals surface area contributed by atoms with E-state index in [1.54, 1.807) is 0 Å². The molecule has 3 heteroatoms. The van der Waals surface area contributed by atoms with Crippen LogP contribution in [0.4, 0.5) is 0 Å². The van der Waals surface area contributed by atoms with Gasteiger partial charge in [-0.15, -0.1) is 0 Å². The lowest BCUT2D eigenvalue weighted by atomic mass is 9.69.